The molecule has 0 saturated carbocycles. The third kappa shape index (κ3) is 9.34. The zero-order valence-electron chi connectivity index (χ0n) is 8.93. The zero-order valence-corrected chi connectivity index (χ0v) is 8.93. The van der Waals surface area contributed by atoms with E-state index in [0.29, 0.717) is 12.5 Å². The highest BCUT2D eigenvalue weighted by atomic mass is 16.5. The lowest BCUT2D eigenvalue weighted by molar-refractivity contribution is -0.120. The minimum atomic E-state index is 0.129. The topological polar surface area (TPSA) is 38.3 Å². The molecule has 1 N–H and O–H groups in total. The molecule has 0 bridgehead atoms. The summed E-state index contributed by atoms with van der Waals surface area (Å²) in [7, 11) is 0. The fraction of sp³-hybridized carbons (Fsp3) is 0.900. The van der Waals surface area contributed by atoms with Gasteiger partial charge in [-0.25, -0.2) is 0 Å². The van der Waals surface area contributed by atoms with Gasteiger partial charge in [0.1, 0.15) is 0 Å². The molecule has 0 fully saturated rings. The molecule has 0 aliphatic heterocycles. The Morgan fingerprint density at radius 3 is 2.62 bits per heavy atom. The fourth-order valence-electron chi connectivity index (χ4n) is 0.899. The van der Waals surface area contributed by atoms with E-state index in [9.17, 15) is 4.79 Å². The second-order valence-corrected chi connectivity index (χ2v) is 3.33. The van der Waals surface area contributed by atoms with Crippen molar-refractivity contribution in [3.05, 3.63) is 0 Å². The molecule has 0 radical (unpaired) electrons. The molecule has 0 spiro atoms. The van der Waals surface area contributed by atoms with Crippen molar-refractivity contribution in [3.63, 3.8) is 0 Å². The fourth-order valence-corrected chi connectivity index (χ4v) is 0.899. The van der Waals surface area contributed by atoms with Gasteiger partial charge in [0.05, 0.1) is 6.10 Å². The summed E-state index contributed by atoms with van der Waals surface area (Å²) in [5.74, 6) is 0.129. The lowest BCUT2D eigenvalue weighted by atomic mass is 10.3. The van der Waals surface area contributed by atoms with E-state index in [4.69, 9.17) is 4.74 Å². The summed E-state index contributed by atoms with van der Waals surface area (Å²) in [6.45, 7) is 7.47. The summed E-state index contributed by atoms with van der Waals surface area (Å²) in [6, 6.07) is 0. The largest absolute Gasteiger partial charge is 0.379 e. The van der Waals surface area contributed by atoms with Crippen molar-refractivity contribution in [1.82, 2.24) is 5.32 Å². The van der Waals surface area contributed by atoms with Gasteiger partial charge in [-0.3, -0.25) is 4.79 Å². The molecule has 0 rings (SSSR count). The lowest BCUT2D eigenvalue weighted by Gasteiger charge is -2.07. The Balaban J connectivity index is 3.04. The summed E-state index contributed by atoms with van der Waals surface area (Å²) in [5.41, 5.74) is 0. The van der Waals surface area contributed by atoms with Crippen molar-refractivity contribution in [2.75, 3.05) is 13.2 Å². The molecular weight excluding hydrogens is 166 g/mol. The maximum Gasteiger partial charge on any atom is 0.219 e. The summed E-state index contributed by atoms with van der Waals surface area (Å²) >= 11 is 0. The quantitative estimate of drug-likeness (QED) is 0.616. The minimum absolute atomic E-state index is 0.129. The van der Waals surface area contributed by atoms with Crippen molar-refractivity contribution in [1.29, 1.82) is 0 Å². The van der Waals surface area contributed by atoms with E-state index >= 15 is 0 Å². The molecule has 78 valence electrons. The van der Waals surface area contributed by atoms with Crippen LogP contribution in [0.1, 0.15) is 40.0 Å². The Morgan fingerprint density at radius 2 is 2.08 bits per heavy atom. The summed E-state index contributed by atoms with van der Waals surface area (Å²) in [5, 5.41) is 2.83. The Labute approximate surface area is 80.8 Å². The van der Waals surface area contributed by atoms with Gasteiger partial charge in [-0.15, -0.1) is 0 Å². The molecule has 3 heteroatoms. The molecule has 0 aromatic heterocycles. The first-order valence-electron chi connectivity index (χ1n) is 5.05. The molecule has 0 atom stereocenters. The predicted molar refractivity (Wildman–Crippen MR) is 53.6 cm³/mol. The number of unbranched alkanes of at least 4 members (excludes halogenated alkanes) is 1. The normalized spacial score (nSPS) is 10.5. The Bertz CT molecular complexity index is 135. The van der Waals surface area contributed by atoms with Gasteiger partial charge >= 0.3 is 0 Å². The van der Waals surface area contributed by atoms with Crippen LogP contribution in [0.25, 0.3) is 0 Å². The second kappa shape index (κ2) is 8.05. The first-order valence-corrected chi connectivity index (χ1v) is 5.05. The van der Waals surface area contributed by atoms with E-state index in [-0.39, 0.29) is 5.91 Å². The Hall–Kier alpha value is -0.570. The number of hydrogen-bond acceptors (Lipinski definition) is 2. The van der Waals surface area contributed by atoms with Crippen LogP contribution in [0.15, 0.2) is 0 Å². The molecule has 0 saturated heterocycles. The Morgan fingerprint density at radius 1 is 1.38 bits per heavy atom. The maximum atomic E-state index is 10.8. The van der Waals surface area contributed by atoms with Crippen LogP contribution in [0.4, 0.5) is 0 Å². The van der Waals surface area contributed by atoms with Crippen LogP contribution < -0.4 is 5.32 Å². The van der Waals surface area contributed by atoms with E-state index in [2.05, 4.69) is 5.32 Å². The van der Waals surface area contributed by atoms with Crippen molar-refractivity contribution < 1.29 is 9.53 Å². The third-order valence-electron chi connectivity index (χ3n) is 1.67. The molecule has 0 aromatic rings. The highest BCUT2D eigenvalue weighted by Crippen LogP contribution is 1.93. The smallest absolute Gasteiger partial charge is 0.219 e. The number of carbonyl (C=O) groups is 1. The van der Waals surface area contributed by atoms with Crippen molar-refractivity contribution in [2.24, 2.45) is 0 Å². The van der Waals surface area contributed by atoms with Crippen molar-refractivity contribution >= 4 is 5.91 Å². The molecular formula is C10H21NO2. The highest BCUT2D eigenvalue weighted by Gasteiger charge is 1.96. The molecule has 13 heavy (non-hydrogen) atoms. The summed E-state index contributed by atoms with van der Waals surface area (Å²) in [4.78, 5) is 10.8. The van der Waals surface area contributed by atoms with Crippen molar-refractivity contribution in [2.45, 2.75) is 46.1 Å². The monoisotopic (exact) mass is 187 g/mol. The lowest BCUT2D eigenvalue weighted by Crippen LogP contribution is -2.23. The van der Waals surface area contributed by atoms with Crippen LogP contribution in [0.5, 0.6) is 0 Å². The average molecular weight is 187 g/mol. The van der Waals surface area contributed by atoms with Crippen LogP contribution in [0.3, 0.4) is 0 Å². The van der Waals surface area contributed by atoms with Crippen LogP contribution in [-0.4, -0.2) is 25.2 Å². The number of nitrogens with one attached hydrogen (secondary N) is 1. The molecule has 0 aliphatic carbocycles. The second-order valence-electron chi connectivity index (χ2n) is 3.33. The zero-order chi connectivity index (χ0) is 10.1. The number of amides is 1. The standard InChI is InChI=1S/C10H21NO2/c1-4-10(12)11-7-5-6-8-13-9(2)3/h9H,4-8H2,1-3H3,(H,11,12). The van der Waals surface area contributed by atoms with Gasteiger partial charge in [0.15, 0.2) is 0 Å². The van der Waals surface area contributed by atoms with Gasteiger partial charge in [-0.2, -0.15) is 0 Å². The third-order valence-corrected chi connectivity index (χ3v) is 1.67. The average Bonchev–Trinajstić information content (AvgIpc) is 2.10. The molecule has 3 nitrogen and oxygen atoms in total. The van der Waals surface area contributed by atoms with Gasteiger partial charge in [-0.1, -0.05) is 6.92 Å². The van der Waals surface area contributed by atoms with Crippen LogP contribution in [0, 0.1) is 0 Å². The van der Waals surface area contributed by atoms with E-state index in [1.807, 2.05) is 20.8 Å². The predicted octanol–water partition coefficient (Wildman–Crippen LogP) is 1.72. The van der Waals surface area contributed by atoms with Gasteiger partial charge in [0.2, 0.25) is 5.91 Å². The first-order chi connectivity index (χ1) is 6.16. The highest BCUT2D eigenvalue weighted by molar-refractivity contribution is 5.75. The van der Waals surface area contributed by atoms with E-state index in [1.165, 1.54) is 0 Å². The van der Waals surface area contributed by atoms with E-state index < -0.39 is 0 Å². The molecule has 0 aromatic carbocycles. The number of carbonyl (C=O) groups excluding carboxylic acids is 1. The van der Waals surface area contributed by atoms with Crippen LogP contribution in [-0.2, 0) is 9.53 Å². The van der Waals surface area contributed by atoms with Crippen LogP contribution >= 0.6 is 0 Å². The van der Waals surface area contributed by atoms with Gasteiger partial charge in [-0.05, 0) is 26.7 Å². The molecule has 0 unspecified atom stereocenters. The van der Waals surface area contributed by atoms with E-state index in [1.54, 1.807) is 0 Å². The molecule has 0 aliphatic rings. The number of hydrogen-bond donors (Lipinski definition) is 1. The Kier molecular flexibility index (Phi) is 7.69. The summed E-state index contributed by atoms with van der Waals surface area (Å²) < 4.78 is 5.36. The minimum Gasteiger partial charge on any atom is -0.379 e. The van der Waals surface area contributed by atoms with Crippen LogP contribution in [0.2, 0.25) is 0 Å². The van der Waals surface area contributed by atoms with Gasteiger partial charge in [0.25, 0.3) is 0 Å². The van der Waals surface area contributed by atoms with Crippen molar-refractivity contribution in [3.8, 4) is 0 Å². The molecule has 1 amide bonds. The molecule has 0 heterocycles. The SMILES string of the molecule is CCC(=O)NCCCCOC(C)C. The maximum absolute atomic E-state index is 10.8. The summed E-state index contributed by atoms with van der Waals surface area (Å²) in [6.07, 6.45) is 2.90. The first kappa shape index (κ1) is 12.4. The van der Waals surface area contributed by atoms with E-state index in [0.717, 1.165) is 26.0 Å². The number of rotatable bonds is 7. The number of ether oxygens (including phenoxy) is 1. The van der Waals surface area contributed by atoms with Gasteiger partial charge in [0, 0.05) is 19.6 Å². The van der Waals surface area contributed by atoms with Gasteiger partial charge < -0.3 is 10.1 Å².